The van der Waals surface area contributed by atoms with Gasteiger partial charge in [0.1, 0.15) is 0 Å². The van der Waals surface area contributed by atoms with E-state index in [1.54, 1.807) is 18.0 Å². The van der Waals surface area contributed by atoms with Gasteiger partial charge in [0, 0.05) is 21.0 Å². The van der Waals surface area contributed by atoms with Gasteiger partial charge in [-0.1, -0.05) is 36.4 Å². The van der Waals surface area contributed by atoms with Gasteiger partial charge in [0.25, 0.3) is 0 Å². The molecule has 94 valence electrons. The Labute approximate surface area is 116 Å². The van der Waals surface area contributed by atoms with Gasteiger partial charge in [0.2, 0.25) is 0 Å². The van der Waals surface area contributed by atoms with Crippen molar-refractivity contribution in [3.63, 3.8) is 0 Å². The Morgan fingerprint density at radius 1 is 1.28 bits per heavy atom. The molecule has 1 heterocycles. The number of benzene rings is 1. The Morgan fingerprint density at radius 3 is 2.72 bits per heavy atom. The first-order valence-corrected chi connectivity index (χ1v) is 6.96. The van der Waals surface area contributed by atoms with Crippen molar-refractivity contribution in [3.8, 4) is 0 Å². The van der Waals surface area contributed by atoms with Crippen LogP contribution >= 0.6 is 23.4 Å². The van der Waals surface area contributed by atoms with E-state index in [9.17, 15) is 5.11 Å². The first-order chi connectivity index (χ1) is 8.69. The SMILES string of the molecule is CC[C@H](O)c1ccc(Sc2cccc(Cl)c2)cn1. The fourth-order valence-electron chi connectivity index (χ4n) is 1.52. The largest absolute Gasteiger partial charge is 0.387 e. The Kier molecular flexibility index (Phi) is 4.64. The maximum Gasteiger partial charge on any atom is 0.0957 e. The highest BCUT2D eigenvalue weighted by atomic mass is 35.5. The van der Waals surface area contributed by atoms with E-state index in [4.69, 9.17) is 11.6 Å². The van der Waals surface area contributed by atoms with Gasteiger partial charge in [-0.3, -0.25) is 4.98 Å². The number of aliphatic hydroxyl groups excluding tert-OH is 1. The molecule has 0 fully saturated rings. The van der Waals surface area contributed by atoms with E-state index in [0.29, 0.717) is 12.1 Å². The molecule has 2 rings (SSSR count). The van der Waals surface area contributed by atoms with Crippen molar-refractivity contribution in [2.24, 2.45) is 0 Å². The second-order valence-corrected chi connectivity index (χ2v) is 5.49. The van der Waals surface area contributed by atoms with Gasteiger partial charge in [-0.2, -0.15) is 0 Å². The summed E-state index contributed by atoms with van der Waals surface area (Å²) >= 11 is 7.54. The molecule has 0 saturated carbocycles. The van der Waals surface area contributed by atoms with Gasteiger partial charge in [-0.15, -0.1) is 0 Å². The van der Waals surface area contributed by atoms with E-state index in [-0.39, 0.29) is 0 Å². The van der Waals surface area contributed by atoms with E-state index in [1.807, 2.05) is 43.3 Å². The molecule has 1 N–H and O–H groups in total. The summed E-state index contributed by atoms with van der Waals surface area (Å²) in [6, 6.07) is 11.5. The molecule has 4 heteroatoms. The molecule has 2 nitrogen and oxygen atoms in total. The second-order valence-electron chi connectivity index (χ2n) is 3.90. The molecule has 0 spiro atoms. The molecule has 0 saturated heterocycles. The van der Waals surface area contributed by atoms with Crippen molar-refractivity contribution in [2.75, 3.05) is 0 Å². The highest BCUT2D eigenvalue weighted by Crippen LogP contribution is 2.29. The minimum atomic E-state index is -0.477. The van der Waals surface area contributed by atoms with Gasteiger partial charge in [0.15, 0.2) is 0 Å². The van der Waals surface area contributed by atoms with Crippen molar-refractivity contribution >= 4 is 23.4 Å². The Bertz CT molecular complexity index is 515. The third-order valence-corrected chi connectivity index (χ3v) is 3.72. The number of aromatic nitrogens is 1. The summed E-state index contributed by atoms with van der Waals surface area (Å²) in [6.45, 7) is 1.93. The van der Waals surface area contributed by atoms with Crippen molar-refractivity contribution in [1.82, 2.24) is 4.98 Å². The molecule has 1 aromatic carbocycles. The Balaban J connectivity index is 2.11. The van der Waals surface area contributed by atoms with Crippen LogP contribution in [0.5, 0.6) is 0 Å². The van der Waals surface area contributed by atoms with Gasteiger partial charge in [-0.25, -0.2) is 0 Å². The van der Waals surface area contributed by atoms with Crippen LogP contribution in [0.1, 0.15) is 25.1 Å². The Morgan fingerprint density at radius 2 is 2.11 bits per heavy atom. The maximum atomic E-state index is 9.66. The molecule has 0 aliphatic rings. The van der Waals surface area contributed by atoms with Crippen LogP contribution in [-0.2, 0) is 0 Å². The third-order valence-electron chi connectivity index (χ3n) is 2.52. The average molecular weight is 280 g/mol. The summed E-state index contributed by atoms with van der Waals surface area (Å²) in [5.41, 5.74) is 0.716. The van der Waals surface area contributed by atoms with Gasteiger partial charge in [0.05, 0.1) is 11.8 Å². The topological polar surface area (TPSA) is 33.1 Å². The van der Waals surface area contributed by atoms with Crippen LogP contribution in [0, 0.1) is 0 Å². The Hall–Kier alpha value is -1.03. The molecule has 0 amide bonds. The summed E-state index contributed by atoms with van der Waals surface area (Å²) in [5.74, 6) is 0. The van der Waals surface area contributed by atoms with Crippen LogP contribution in [-0.4, -0.2) is 10.1 Å². The summed E-state index contributed by atoms with van der Waals surface area (Å²) in [7, 11) is 0. The molecular formula is C14H14ClNOS. The van der Waals surface area contributed by atoms with Crippen molar-refractivity contribution in [2.45, 2.75) is 29.2 Å². The van der Waals surface area contributed by atoms with Crippen LogP contribution < -0.4 is 0 Å². The third kappa shape index (κ3) is 3.48. The van der Waals surface area contributed by atoms with E-state index >= 15 is 0 Å². The number of halogens is 1. The van der Waals surface area contributed by atoms with Crippen molar-refractivity contribution in [1.29, 1.82) is 0 Å². The van der Waals surface area contributed by atoms with E-state index in [2.05, 4.69) is 4.98 Å². The van der Waals surface area contributed by atoms with Crippen molar-refractivity contribution in [3.05, 3.63) is 53.3 Å². The zero-order valence-electron chi connectivity index (χ0n) is 10.0. The number of nitrogens with zero attached hydrogens (tertiary/aromatic N) is 1. The predicted octanol–water partition coefficient (Wildman–Crippen LogP) is 4.33. The predicted molar refractivity (Wildman–Crippen MR) is 75.1 cm³/mol. The summed E-state index contributed by atoms with van der Waals surface area (Å²) < 4.78 is 0. The molecule has 0 radical (unpaired) electrons. The van der Waals surface area contributed by atoms with Gasteiger partial charge in [-0.05, 0) is 36.8 Å². The lowest BCUT2D eigenvalue weighted by atomic mass is 10.2. The molecule has 0 unspecified atom stereocenters. The molecular weight excluding hydrogens is 266 g/mol. The zero-order chi connectivity index (χ0) is 13.0. The van der Waals surface area contributed by atoms with Crippen LogP contribution in [0.2, 0.25) is 5.02 Å². The normalized spacial score (nSPS) is 12.4. The summed E-state index contributed by atoms with van der Waals surface area (Å²) in [5, 5.41) is 10.4. The average Bonchev–Trinajstić information content (AvgIpc) is 2.39. The minimum Gasteiger partial charge on any atom is -0.387 e. The maximum absolute atomic E-state index is 9.66. The van der Waals surface area contributed by atoms with Crippen LogP contribution in [0.3, 0.4) is 0 Å². The summed E-state index contributed by atoms with van der Waals surface area (Å²) in [4.78, 5) is 6.37. The fourth-order valence-corrected chi connectivity index (χ4v) is 2.63. The van der Waals surface area contributed by atoms with E-state index in [0.717, 1.165) is 14.8 Å². The van der Waals surface area contributed by atoms with Crippen LogP contribution in [0.4, 0.5) is 0 Å². The molecule has 18 heavy (non-hydrogen) atoms. The summed E-state index contributed by atoms with van der Waals surface area (Å²) in [6.07, 6.45) is 1.98. The highest BCUT2D eigenvalue weighted by molar-refractivity contribution is 7.99. The number of rotatable bonds is 4. The fraction of sp³-hybridized carbons (Fsp3) is 0.214. The molecule has 2 aromatic rings. The van der Waals surface area contributed by atoms with E-state index in [1.165, 1.54) is 0 Å². The molecule has 0 bridgehead atoms. The first kappa shape index (κ1) is 13.4. The number of aliphatic hydroxyl groups is 1. The number of hydrogen-bond donors (Lipinski definition) is 1. The smallest absolute Gasteiger partial charge is 0.0957 e. The van der Waals surface area contributed by atoms with Gasteiger partial charge >= 0.3 is 0 Å². The lowest BCUT2D eigenvalue weighted by Crippen LogP contribution is -1.97. The van der Waals surface area contributed by atoms with Crippen molar-refractivity contribution < 1.29 is 5.11 Å². The quantitative estimate of drug-likeness (QED) is 0.904. The lowest BCUT2D eigenvalue weighted by molar-refractivity contribution is 0.169. The molecule has 0 aliphatic heterocycles. The standard InChI is InChI=1S/C14H14ClNOS/c1-2-14(17)13-7-6-12(9-16-13)18-11-5-3-4-10(15)8-11/h3-9,14,17H,2H2,1H3/t14-/m0/s1. The molecule has 1 atom stereocenters. The minimum absolute atomic E-state index is 0.477. The van der Waals surface area contributed by atoms with Crippen LogP contribution in [0.25, 0.3) is 0 Å². The molecule has 0 aliphatic carbocycles. The highest BCUT2D eigenvalue weighted by Gasteiger charge is 2.06. The first-order valence-electron chi connectivity index (χ1n) is 5.76. The number of pyridine rings is 1. The lowest BCUT2D eigenvalue weighted by Gasteiger charge is -2.07. The zero-order valence-corrected chi connectivity index (χ0v) is 11.6. The van der Waals surface area contributed by atoms with E-state index < -0.39 is 6.10 Å². The van der Waals surface area contributed by atoms with Gasteiger partial charge < -0.3 is 5.11 Å². The number of hydrogen-bond acceptors (Lipinski definition) is 3. The van der Waals surface area contributed by atoms with Crippen LogP contribution in [0.15, 0.2) is 52.4 Å². The monoisotopic (exact) mass is 279 g/mol. The molecule has 1 aromatic heterocycles. The second kappa shape index (κ2) is 6.23.